The molecule has 0 unspecified atom stereocenters. The molecule has 0 radical (unpaired) electrons. The molecule has 21 heavy (non-hydrogen) atoms. The molecule has 1 aromatic carbocycles. The molecular weight excluding hydrogens is 296 g/mol. The number of carbonyl (C=O) groups is 2. The summed E-state index contributed by atoms with van der Waals surface area (Å²) in [6.07, 6.45) is 2.10. The molecule has 1 aromatic heterocycles. The minimum absolute atomic E-state index is 0.0272. The average molecular weight is 309 g/mol. The first-order chi connectivity index (χ1) is 10.1. The lowest BCUT2D eigenvalue weighted by Crippen LogP contribution is -2.31. The Labute approximate surface area is 125 Å². The topological polar surface area (TPSA) is 91.6 Å². The zero-order valence-electron chi connectivity index (χ0n) is 10.9. The molecule has 3 N–H and O–H groups in total. The van der Waals surface area contributed by atoms with Crippen LogP contribution in [0, 0.1) is 0 Å². The average Bonchev–Trinajstić information content (AvgIpc) is 2.91. The molecule has 0 aliphatic carbocycles. The van der Waals surface area contributed by atoms with Gasteiger partial charge in [-0.2, -0.15) is 0 Å². The second-order valence-electron chi connectivity index (χ2n) is 4.21. The number of carboxylic acid groups (broad SMARTS) is 1. The van der Waals surface area contributed by atoms with Gasteiger partial charge in [-0.1, -0.05) is 11.6 Å². The lowest BCUT2D eigenvalue weighted by atomic mass is 10.2. The molecule has 0 aliphatic heterocycles. The highest BCUT2D eigenvalue weighted by Crippen LogP contribution is 2.21. The molecule has 0 atom stereocenters. The van der Waals surface area contributed by atoms with Crippen LogP contribution in [0.5, 0.6) is 0 Å². The Bertz CT molecular complexity index is 640. The van der Waals surface area contributed by atoms with Crippen molar-refractivity contribution in [3.63, 3.8) is 0 Å². The van der Waals surface area contributed by atoms with Gasteiger partial charge in [-0.3, -0.25) is 0 Å². The zero-order valence-corrected chi connectivity index (χ0v) is 11.7. The van der Waals surface area contributed by atoms with Gasteiger partial charge in [0, 0.05) is 18.0 Å². The van der Waals surface area contributed by atoms with Crippen LogP contribution in [0.4, 0.5) is 10.5 Å². The lowest BCUT2D eigenvalue weighted by molar-refractivity contribution is 0.0698. The molecule has 0 aliphatic rings. The molecule has 0 spiro atoms. The molecule has 2 amide bonds. The summed E-state index contributed by atoms with van der Waals surface area (Å²) in [6, 6.07) is 7.23. The number of furan rings is 1. The van der Waals surface area contributed by atoms with E-state index in [1.54, 1.807) is 18.4 Å². The number of aromatic carboxylic acids is 1. The van der Waals surface area contributed by atoms with E-state index in [1.165, 1.54) is 18.2 Å². The summed E-state index contributed by atoms with van der Waals surface area (Å²) < 4.78 is 5.13. The molecule has 0 fully saturated rings. The minimum Gasteiger partial charge on any atom is -0.478 e. The maximum Gasteiger partial charge on any atom is 0.337 e. The van der Waals surface area contributed by atoms with Crippen molar-refractivity contribution in [2.45, 2.75) is 6.42 Å². The second-order valence-corrected chi connectivity index (χ2v) is 4.64. The van der Waals surface area contributed by atoms with Gasteiger partial charge in [-0.25, -0.2) is 9.59 Å². The highest BCUT2D eigenvalue weighted by atomic mass is 35.5. The highest BCUT2D eigenvalue weighted by Gasteiger charge is 2.12. The Morgan fingerprint density at radius 1 is 1.29 bits per heavy atom. The van der Waals surface area contributed by atoms with Crippen LogP contribution >= 0.6 is 11.6 Å². The van der Waals surface area contributed by atoms with Gasteiger partial charge in [0.05, 0.1) is 17.5 Å². The number of benzene rings is 1. The summed E-state index contributed by atoms with van der Waals surface area (Å²) in [5, 5.41) is 14.5. The predicted octanol–water partition coefficient (Wildman–Crippen LogP) is 3.00. The van der Waals surface area contributed by atoms with Gasteiger partial charge in [0.15, 0.2) is 0 Å². The van der Waals surface area contributed by atoms with Crippen molar-refractivity contribution in [1.82, 2.24) is 5.32 Å². The van der Waals surface area contributed by atoms with Gasteiger partial charge < -0.3 is 20.2 Å². The van der Waals surface area contributed by atoms with E-state index in [9.17, 15) is 9.59 Å². The summed E-state index contributed by atoms with van der Waals surface area (Å²) in [5.74, 6) is -0.387. The molecular formula is C14H13ClN2O4. The first kappa shape index (κ1) is 14.9. The molecule has 2 aromatic rings. The standard InChI is InChI=1S/C14H13ClN2O4/c15-9-3-4-11(13(18)19)12(8-9)17-14(20)16-6-5-10-2-1-7-21-10/h1-4,7-8H,5-6H2,(H,18,19)(H2,16,17,20). The summed E-state index contributed by atoms with van der Waals surface area (Å²) in [7, 11) is 0. The van der Waals surface area contributed by atoms with E-state index in [0.29, 0.717) is 18.0 Å². The fraction of sp³-hybridized carbons (Fsp3) is 0.143. The third kappa shape index (κ3) is 4.25. The van der Waals surface area contributed by atoms with Crippen molar-refractivity contribution >= 4 is 29.3 Å². The fourth-order valence-corrected chi connectivity index (χ4v) is 1.90. The summed E-state index contributed by atoms with van der Waals surface area (Å²) in [6.45, 7) is 0.363. The van der Waals surface area contributed by atoms with Crippen molar-refractivity contribution in [2.75, 3.05) is 11.9 Å². The summed E-state index contributed by atoms with van der Waals surface area (Å²) in [5.41, 5.74) is 0.117. The van der Waals surface area contributed by atoms with Crippen LogP contribution in [-0.4, -0.2) is 23.7 Å². The number of nitrogens with one attached hydrogen (secondary N) is 2. The molecule has 0 saturated heterocycles. The first-order valence-electron chi connectivity index (χ1n) is 6.16. The monoisotopic (exact) mass is 308 g/mol. The number of halogens is 1. The van der Waals surface area contributed by atoms with Gasteiger partial charge >= 0.3 is 12.0 Å². The molecule has 2 rings (SSSR count). The van der Waals surface area contributed by atoms with E-state index in [1.807, 2.05) is 0 Å². The summed E-state index contributed by atoms with van der Waals surface area (Å²) in [4.78, 5) is 22.8. The second kappa shape index (κ2) is 6.81. The van der Waals surface area contributed by atoms with Crippen LogP contribution in [0.3, 0.4) is 0 Å². The Balaban J connectivity index is 1.93. The van der Waals surface area contributed by atoms with Gasteiger partial charge in [0.2, 0.25) is 0 Å². The highest BCUT2D eigenvalue weighted by molar-refractivity contribution is 6.31. The number of hydrogen-bond donors (Lipinski definition) is 3. The summed E-state index contributed by atoms with van der Waals surface area (Å²) >= 11 is 5.80. The van der Waals surface area contributed by atoms with E-state index in [0.717, 1.165) is 5.76 Å². The van der Waals surface area contributed by atoms with Gasteiger partial charge in [0.1, 0.15) is 5.76 Å². The van der Waals surface area contributed by atoms with Crippen molar-refractivity contribution < 1.29 is 19.1 Å². The number of urea groups is 1. The first-order valence-corrected chi connectivity index (χ1v) is 6.54. The fourth-order valence-electron chi connectivity index (χ4n) is 1.73. The Morgan fingerprint density at radius 3 is 2.76 bits per heavy atom. The van der Waals surface area contributed by atoms with Crippen molar-refractivity contribution in [3.05, 3.63) is 52.9 Å². The third-order valence-electron chi connectivity index (χ3n) is 2.70. The van der Waals surface area contributed by atoms with Crippen LogP contribution in [0.25, 0.3) is 0 Å². The van der Waals surface area contributed by atoms with Gasteiger partial charge in [0.25, 0.3) is 0 Å². The Hall–Kier alpha value is -2.47. The van der Waals surface area contributed by atoms with Crippen molar-refractivity contribution in [1.29, 1.82) is 0 Å². The number of carboxylic acids is 1. The van der Waals surface area contributed by atoms with E-state index < -0.39 is 12.0 Å². The largest absolute Gasteiger partial charge is 0.478 e. The van der Waals surface area contributed by atoms with Crippen LogP contribution in [0.2, 0.25) is 5.02 Å². The van der Waals surface area contributed by atoms with E-state index >= 15 is 0 Å². The smallest absolute Gasteiger partial charge is 0.337 e. The number of amides is 2. The Morgan fingerprint density at radius 2 is 2.10 bits per heavy atom. The molecule has 0 bridgehead atoms. The number of hydrogen-bond acceptors (Lipinski definition) is 3. The van der Waals surface area contributed by atoms with E-state index in [4.69, 9.17) is 21.1 Å². The Kier molecular flexibility index (Phi) is 4.84. The number of rotatable bonds is 5. The molecule has 6 nitrogen and oxygen atoms in total. The molecule has 7 heteroatoms. The van der Waals surface area contributed by atoms with Crippen LogP contribution in [-0.2, 0) is 6.42 Å². The van der Waals surface area contributed by atoms with Crippen molar-refractivity contribution in [2.24, 2.45) is 0 Å². The molecule has 110 valence electrons. The predicted molar refractivity (Wildman–Crippen MR) is 77.8 cm³/mol. The normalized spacial score (nSPS) is 10.1. The number of carbonyl (C=O) groups excluding carboxylic acids is 1. The van der Waals surface area contributed by atoms with Crippen molar-refractivity contribution in [3.8, 4) is 0 Å². The quantitative estimate of drug-likeness (QED) is 0.791. The number of anilines is 1. The third-order valence-corrected chi connectivity index (χ3v) is 2.93. The molecule has 1 heterocycles. The zero-order chi connectivity index (χ0) is 15.2. The molecule has 0 saturated carbocycles. The lowest BCUT2D eigenvalue weighted by Gasteiger charge is -2.10. The maximum atomic E-state index is 11.7. The van der Waals surface area contributed by atoms with Crippen LogP contribution in [0.15, 0.2) is 41.0 Å². The van der Waals surface area contributed by atoms with Crippen LogP contribution in [0.1, 0.15) is 16.1 Å². The van der Waals surface area contributed by atoms with E-state index in [-0.39, 0.29) is 11.3 Å². The minimum atomic E-state index is -1.14. The van der Waals surface area contributed by atoms with Gasteiger partial charge in [-0.05, 0) is 30.3 Å². The van der Waals surface area contributed by atoms with Gasteiger partial charge in [-0.15, -0.1) is 0 Å². The van der Waals surface area contributed by atoms with E-state index in [2.05, 4.69) is 10.6 Å². The van der Waals surface area contributed by atoms with Crippen LogP contribution < -0.4 is 10.6 Å². The SMILES string of the molecule is O=C(NCCc1ccco1)Nc1cc(Cl)ccc1C(=O)O. The maximum absolute atomic E-state index is 11.7.